The maximum Gasteiger partial charge on any atom is 0.213 e. The molecule has 0 fully saturated rings. The second-order valence-electron chi connectivity index (χ2n) is 7.13. The number of hydrogen-bond donors (Lipinski definition) is 0. The van der Waals surface area contributed by atoms with Crippen LogP contribution < -0.4 is 9.67 Å². The van der Waals surface area contributed by atoms with Gasteiger partial charge >= 0.3 is 0 Å². The Balaban J connectivity index is 1.65. The molecule has 0 N–H and O–H groups in total. The SMILES string of the molecule is CC[n+]1ccc(C=C2C(=O)C(c3nc(C)n4ccccc34)=C2[O-])c2ccccc21. The molecule has 5 rings (SSSR count). The summed E-state index contributed by atoms with van der Waals surface area (Å²) in [6.07, 6.45) is 5.58. The van der Waals surface area contributed by atoms with Gasteiger partial charge in [0.2, 0.25) is 5.52 Å². The van der Waals surface area contributed by atoms with E-state index in [-0.39, 0.29) is 22.7 Å². The van der Waals surface area contributed by atoms with Gasteiger partial charge in [0.25, 0.3) is 0 Å². The summed E-state index contributed by atoms with van der Waals surface area (Å²) in [5.74, 6) is 0.268. The molecule has 142 valence electrons. The minimum atomic E-state index is -0.241. The van der Waals surface area contributed by atoms with E-state index in [0.29, 0.717) is 5.69 Å². The van der Waals surface area contributed by atoms with Gasteiger partial charge in [-0.3, -0.25) is 4.79 Å². The zero-order chi connectivity index (χ0) is 20.1. The number of carbonyl (C=O) groups is 1. The van der Waals surface area contributed by atoms with Crippen LogP contribution >= 0.6 is 0 Å². The van der Waals surface area contributed by atoms with E-state index >= 15 is 0 Å². The van der Waals surface area contributed by atoms with Crippen LogP contribution in [0.2, 0.25) is 0 Å². The van der Waals surface area contributed by atoms with E-state index < -0.39 is 0 Å². The monoisotopic (exact) mass is 381 g/mol. The van der Waals surface area contributed by atoms with Gasteiger partial charge in [0.1, 0.15) is 12.4 Å². The number of imidazole rings is 1. The predicted molar refractivity (Wildman–Crippen MR) is 110 cm³/mol. The zero-order valence-electron chi connectivity index (χ0n) is 16.2. The number of pyridine rings is 2. The van der Waals surface area contributed by atoms with E-state index in [1.165, 1.54) is 0 Å². The summed E-state index contributed by atoms with van der Waals surface area (Å²) in [6, 6.07) is 15.6. The van der Waals surface area contributed by atoms with Crippen LogP contribution in [0.5, 0.6) is 0 Å². The van der Waals surface area contributed by atoms with Gasteiger partial charge in [0.05, 0.1) is 16.6 Å². The Labute approximate surface area is 167 Å². The maximum atomic E-state index is 12.9. The second kappa shape index (κ2) is 6.41. The first-order valence-corrected chi connectivity index (χ1v) is 9.63. The molecular weight excluding hydrogens is 362 g/mol. The summed E-state index contributed by atoms with van der Waals surface area (Å²) in [5, 5.41) is 13.9. The van der Waals surface area contributed by atoms with Crippen LogP contribution in [0.15, 0.2) is 72.3 Å². The van der Waals surface area contributed by atoms with E-state index in [0.717, 1.165) is 34.4 Å². The summed E-state index contributed by atoms with van der Waals surface area (Å²) in [6.45, 7) is 4.79. The Morgan fingerprint density at radius 1 is 1.14 bits per heavy atom. The molecule has 1 aliphatic rings. The number of allylic oxidation sites excluding steroid dienone is 2. The third-order valence-corrected chi connectivity index (χ3v) is 5.50. The van der Waals surface area contributed by atoms with Crippen molar-refractivity contribution in [3.8, 4) is 0 Å². The topological polar surface area (TPSA) is 61.3 Å². The van der Waals surface area contributed by atoms with Crippen LogP contribution in [0.3, 0.4) is 0 Å². The van der Waals surface area contributed by atoms with Crippen LogP contribution in [0, 0.1) is 6.92 Å². The molecule has 0 saturated carbocycles. The number of ketones is 1. The molecular formula is C24H19N3O2. The average Bonchev–Trinajstić information content (AvgIpc) is 3.08. The fourth-order valence-electron chi connectivity index (χ4n) is 4.00. The van der Waals surface area contributed by atoms with Crippen molar-refractivity contribution in [2.75, 3.05) is 0 Å². The quantitative estimate of drug-likeness (QED) is 0.405. The number of hydrogen-bond acceptors (Lipinski definition) is 3. The molecule has 5 heteroatoms. The molecule has 29 heavy (non-hydrogen) atoms. The summed E-state index contributed by atoms with van der Waals surface area (Å²) in [7, 11) is 0. The van der Waals surface area contributed by atoms with Gasteiger partial charge in [-0.05, 0) is 43.7 Å². The van der Waals surface area contributed by atoms with Gasteiger partial charge in [0, 0.05) is 29.5 Å². The predicted octanol–water partition coefficient (Wildman–Crippen LogP) is 2.84. The van der Waals surface area contributed by atoms with E-state index in [1.807, 2.05) is 72.2 Å². The van der Waals surface area contributed by atoms with Gasteiger partial charge in [0.15, 0.2) is 12.0 Å². The molecule has 0 spiro atoms. The first-order chi connectivity index (χ1) is 14.1. The lowest BCUT2D eigenvalue weighted by Crippen LogP contribution is -2.32. The molecule has 1 aliphatic carbocycles. The van der Waals surface area contributed by atoms with Crippen molar-refractivity contribution < 1.29 is 14.5 Å². The molecule has 0 saturated heterocycles. The molecule has 4 aromatic rings. The van der Waals surface area contributed by atoms with E-state index in [2.05, 4.69) is 16.5 Å². The highest BCUT2D eigenvalue weighted by Crippen LogP contribution is 2.37. The van der Waals surface area contributed by atoms with E-state index in [1.54, 1.807) is 6.08 Å². The fourth-order valence-corrected chi connectivity index (χ4v) is 4.00. The van der Waals surface area contributed by atoms with E-state index in [4.69, 9.17) is 0 Å². The molecule has 3 heterocycles. The fraction of sp³-hybridized carbons (Fsp3) is 0.125. The lowest BCUT2D eigenvalue weighted by molar-refractivity contribution is -0.667. The highest BCUT2D eigenvalue weighted by molar-refractivity contribution is 6.40. The van der Waals surface area contributed by atoms with Crippen LogP contribution in [0.1, 0.15) is 24.0 Å². The van der Waals surface area contributed by atoms with Gasteiger partial charge in [-0.2, -0.15) is 4.57 Å². The average molecular weight is 381 g/mol. The summed E-state index contributed by atoms with van der Waals surface area (Å²) < 4.78 is 4.03. The van der Waals surface area contributed by atoms with Gasteiger partial charge in [-0.15, -0.1) is 0 Å². The minimum Gasteiger partial charge on any atom is -0.871 e. The number of nitrogens with zero attached hydrogens (tertiary/aromatic N) is 3. The van der Waals surface area contributed by atoms with E-state index in [9.17, 15) is 9.90 Å². The molecule has 0 radical (unpaired) electrons. The smallest absolute Gasteiger partial charge is 0.213 e. The Morgan fingerprint density at radius 3 is 2.72 bits per heavy atom. The van der Waals surface area contributed by atoms with Crippen molar-refractivity contribution >= 4 is 33.9 Å². The molecule has 5 nitrogen and oxygen atoms in total. The number of fused-ring (bicyclic) bond motifs is 2. The van der Waals surface area contributed by atoms with Gasteiger partial charge < -0.3 is 9.51 Å². The second-order valence-corrected chi connectivity index (χ2v) is 7.13. The number of carbonyl (C=O) groups excluding carboxylic acids is 1. The number of aromatic nitrogens is 3. The molecule has 0 aliphatic heterocycles. The first-order valence-electron chi connectivity index (χ1n) is 9.63. The third-order valence-electron chi connectivity index (χ3n) is 5.50. The van der Waals surface area contributed by atoms with Crippen molar-refractivity contribution in [2.24, 2.45) is 0 Å². The van der Waals surface area contributed by atoms with Gasteiger partial charge in [-0.1, -0.05) is 24.0 Å². The summed E-state index contributed by atoms with van der Waals surface area (Å²) in [5.41, 5.74) is 3.58. The van der Waals surface area contributed by atoms with Crippen molar-refractivity contribution in [3.05, 3.63) is 89.3 Å². The number of rotatable bonds is 3. The van der Waals surface area contributed by atoms with Crippen molar-refractivity contribution in [1.82, 2.24) is 9.38 Å². The Morgan fingerprint density at radius 2 is 1.93 bits per heavy atom. The van der Waals surface area contributed by atoms with Crippen molar-refractivity contribution in [3.63, 3.8) is 0 Å². The largest absolute Gasteiger partial charge is 0.871 e. The molecule has 0 bridgehead atoms. The Bertz CT molecular complexity index is 1380. The highest BCUT2D eigenvalue weighted by Gasteiger charge is 2.31. The molecule has 0 atom stereocenters. The maximum absolute atomic E-state index is 12.9. The van der Waals surface area contributed by atoms with Crippen LogP contribution in [-0.4, -0.2) is 15.2 Å². The number of benzene rings is 1. The zero-order valence-corrected chi connectivity index (χ0v) is 16.2. The molecule has 0 unspecified atom stereocenters. The van der Waals surface area contributed by atoms with Crippen LogP contribution in [0.4, 0.5) is 0 Å². The Kier molecular flexibility index (Phi) is 3.84. The van der Waals surface area contributed by atoms with Crippen molar-refractivity contribution in [2.45, 2.75) is 20.4 Å². The lowest BCUT2D eigenvalue weighted by atomic mass is 9.84. The Hall–Kier alpha value is -3.73. The number of para-hydroxylation sites is 1. The standard InChI is InChI=1S/C24H19N3O2/c1-3-26-13-11-16(17-8-4-5-9-19(17)26)14-18-23(28)21(24(18)29)22-20-10-6-7-12-27(20)15(2)25-22/h4-14H,3H2,1-2H3. The summed E-state index contributed by atoms with van der Waals surface area (Å²) >= 11 is 0. The van der Waals surface area contributed by atoms with Crippen molar-refractivity contribution in [1.29, 1.82) is 0 Å². The van der Waals surface area contributed by atoms with Crippen LogP contribution in [-0.2, 0) is 11.3 Å². The minimum absolute atomic E-state index is 0.178. The summed E-state index contributed by atoms with van der Waals surface area (Å²) in [4.78, 5) is 17.4. The highest BCUT2D eigenvalue weighted by atomic mass is 16.3. The van der Waals surface area contributed by atoms with Crippen LogP contribution in [0.25, 0.3) is 28.1 Å². The lowest BCUT2D eigenvalue weighted by Gasteiger charge is -2.29. The number of aryl methyl sites for hydroxylation is 2. The normalized spacial score (nSPS) is 15.5. The third kappa shape index (κ3) is 2.51. The number of Topliss-reactive ketones (excluding diaryl/α,β-unsaturated/α-hetero) is 1. The van der Waals surface area contributed by atoms with Gasteiger partial charge in [-0.25, -0.2) is 4.98 Å². The molecule has 3 aromatic heterocycles. The molecule has 1 aromatic carbocycles. The molecule has 0 amide bonds. The first kappa shape index (κ1) is 17.4.